The van der Waals surface area contributed by atoms with Crippen LogP contribution in [0.4, 0.5) is 0 Å². The summed E-state index contributed by atoms with van der Waals surface area (Å²) in [6.07, 6.45) is 0. The van der Waals surface area contributed by atoms with Gasteiger partial charge in [0, 0.05) is 15.1 Å². The number of nitrogens with zero attached hydrogens (tertiary/aromatic N) is 4. The van der Waals surface area contributed by atoms with Crippen molar-refractivity contribution in [3.05, 3.63) is 56.6 Å². The number of benzene rings is 2. The Morgan fingerprint density at radius 1 is 1.04 bits per heavy atom. The minimum atomic E-state index is 0.571. The molecule has 0 radical (unpaired) electrons. The third-order valence-corrected chi connectivity index (χ3v) is 4.68. The fourth-order valence-corrected chi connectivity index (χ4v) is 3.31. The Hall–Kier alpha value is -1.69. The van der Waals surface area contributed by atoms with Crippen LogP contribution in [-0.4, -0.2) is 19.6 Å². The number of fused-ring (bicyclic) bond motifs is 3. The van der Waals surface area contributed by atoms with Gasteiger partial charge in [-0.15, -0.1) is 10.2 Å². The lowest BCUT2D eigenvalue weighted by atomic mass is 10.2. The van der Waals surface area contributed by atoms with Crippen LogP contribution in [-0.2, 0) is 0 Å². The number of rotatable bonds is 1. The van der Waals surface area contributed by atoms with Crippen molar-refractivity contribution in [3.63, 3.8) is 0 Å². The molecule has 4 aromatic rings. The zero-order valence-corrected chi connectivity index (χ0v) is 15.0. The molecule has 114 valence electrons. The van der Waals surface area contributed by atoms with Crippen molar-refractivity contribution in [3.8, 4) is 11.4 Å². The molecule has 0 aliphatic carbocycles. The van der Waals surface area contributed by atoms with Gasteiger partial charge in [0.15, 0.2) is 11.5 Å². The number of hydrogen-bond acceptors (Lipinski definition) is 3. The fraction of sp³-hybridized carbons (Fsp3) is 0.0625. The summed E-state index contributed by atoms with van der Waals surface area (Å²) in [6.45, 7) is 1.91. The van der Waals surface area contributed by atoms with Crippen LogP contribution in [0.2, 0.25) is 10.0 Å². The van der Waals surface area contributed by atoms with Crippen molar-refractivity contribution in [2.24, 2.45) is 0 Å². The zero-order valence-electron chi connectivity index (χ0n) is 11.9. The van der Waals surface area contributed by atoms with E-state index in [0.29, 0.717) is 21.5 Å². The van der Waals surface area contributed by atoms with E-state index in [-0.39, 0.29) is 0 Å². The first-order valence-corrected chi connectivity index (χ1v) is 8.36. The molecule has 0 unspecified atom stereocenters. The summed E-state index contributed by atoms with van der Waals surface area (Å²) in [5.74, 6) is 0.640. The van der Waals surface area contributed by atoms with E-state index in [0.717, 1.165) is 26.8 Å². The van der Waals surface area contributed by atoms with Gasteiger partial charge in [0.05, 0.1) is 21.7 Å². The number of hydrogen-bond donors (Lipinski definition) is 0. The summed E-state index contributed by atoms with van der Waals surface area (Å²) in [4.78, 5) is 4.59. The second-order valence-electron chi connectivity index (χ2n) is 5.14. The first-order chi connectivity index (χ1) is 11.0. The SMILES string of the molecule is Cc1nc2ccc(Br)cc2n2c(-c3cc(Cl)ccc3Cl)nnc12. The molecule has 0 fully saturated rings. The summed E-state index contributed by atoms with van der Waals surface area (Å²) in [7, 11) is 0. The molecule has 23 heavy (non-hydrogen) atoms. The van der Waals surface area contributed by atoms with Crippen molar-refractivity contribution in [1.29, 1.82) is 0 Å². The monoisotopic (exact) mass is 406 g/mol. The molecule has 0 saturated carbocycles. The molecular formula is C16H9BrCl2N4. The van der Waals surface area contributed by atoms with Gasteiger partial charge in [0.1, 0.15) is 0 Å². The predicted octanol–water partition coefficient (Wildman–Crippen LogP) is 5.32. The van der Waals surface area contributed by atoms with E-state index < -0.39 is 0 Å². The second kappa shape index (κ2) is 5.44. The van der Waals surface area contributed by atoms with Crippen LogP contribution in [0, 0.1) is 6.92 Å². The van der Waals surface area contributed by atoms with Gasteiger partial charge in [-0.1, -0.05) is 39.1 Å². The van der Waals surface area contributed by atoms with Gasteiger partial charge < -0.3 is 0 Å². The van der Waals surface area contributed by atoms with Crippen molar-refractivity contribution >= 4 is 55.8 Å². The smallest absolute Gasteiger partial charge is 0.183 e. The highest BCUT2D eigenvalue weighted by Gasteiger charge is 2.17. The fourth-order valence-electron chi connectivity index (χ4n) is 2.59. The average Bonchev–Trinajstić information content (AvgIpc) is 2.96. The van der Waals surface area contributed by atoms with Gasteiger partial charge in [-0.3, -0.25) is 4.40 Å². The Labute approximate surface area is 150 Å². The summed E-state index contributed by atoms with van der Waals surface area (Å²) in [5.41, 5.74) is 3.99. The maximum atomic E-state index is 6.35. The Balaban J connectivity index is 2.18. The van der Waals surface area contributed by atoms with E-state index in [1.807, 2.05) is 29.5 Å². The quantitative estimate of drug-likeness (QED) is 0.428. The molecule has 0 spiro atoms. The van der Waals surface area contributed by atoms with Crippen LogP contribution in [0.1, 0.15) is 5.69 Å². The summed E-state index contributed by atoms with van der Waals surface area (Å²) >= 11 is 16.0. The minimum Gasteiger partial charge on any atom is -0.272 e. The summed E-state index contributed by atoms with van der Waals surface area (Å²) in [6, 6.07) is 11.2. The van der Waals surface area contributed by atoms with Crippen LogP contribution in [0.3, 0.4) is 0 Å². The first-order valence-electron chi connectivity index (χ1n) is 6.81. The lowest BCUT2D eigenvalue weighted by molar-refractivity contribution is 1.11. The van der Waals surface area contributed by atoms with Crippen LogP contribution in [0.15, 0.2) is 40.9 Å². The van der Waals surface area contributed by atoms with Crippen LogP contribution >= 0.6 is 39.1 Å². The van der Waals surface area contributed by atoms with E-state index in [1.54, 1.807) is 18.2 Å². The molecular weight excluding hydrogens is 399 g/mol. The molecule has 4 nitrogen and oxygen atoms in total. The molecule has 0 atom stereocenters. The van der Waals surface area contributed by atoms with E-state index in [1.165, 1.54) is 0 Å². The van der Waals surface area contributed by atoms with E-state index in [2.05, 4.69) is 31.1 Å². The Morgan fingerprint density at radius 2 is 1.87 bits per heavy atom. The number of halogens is 3. The minimum absolute atomic E-state index is 0.571. The van der Waals surface area contributed by atoms with Gasteiger partial charge in [-0.25, -0.2) is 4.98 Å². The highest BCUT2D eigenvalue weighted by molar-refractivity contribution is 9.10. The highest BCUT2D eigenvalue weighted by atomic mass is 79.9. The van der Waals surface area contributed by atoms with Crippen LogP contribution < -0.4 is 0 Å². The zero-order chi connectivity index (χ0) is 16.1. The Bertz CT molecular complexity index is 1070. The van der Waals surface area contributed by atoms with Gasteiger partial charge in [0.2, 0.25) is 0 Å². The first kappa shape index (κ1) is 14.9. The van der Waals surface area contributed by atoms with Crippen molar-refractivity contribution in [2.45, 2.75) is 6.92 Å². The third kappa shape index (κ3) is 2.40. The van der Waals surface area contributed by atoms with E-state index in [9.17, 15) is 0 Å². The molecule has 0 bridgehead atoms. The molecule has 7 heteroatoms. The van der Waals surface area contributed by atoms with Gasteiger partial charge in [0.25, 0.3) is 0 Å². The van der Waals surface area contributed by atoms with Gasteiger partial charge in [-0.2, -0.15) is 0 Å². The number of aryl methyl sites for hydroxylation is 1. The van der Waals surface area contributed by atoms with Crippen LogP contribution in [0.5, 0.6) is 0 Å². The standard InChI is InChI=1S/C16H9BrCl2N4/c1-8-15-21-22-16(11-7-10(18)3-4-12(11)19)23(15)14-6-9(17)2-5-13(14)20-8/h2-7H,1H3. The van der Waals surface area contributed by atoms with Gasteiger partial charge in [-0.05, 0) is 43.3 Å². The van der Waals surface area contributed by atoms with Crippen LogP contribution in [0.25, 0.3) is 28.1 Å². The predicted molar refractivity (Wildman–Crippen MR) is 96.2 cm³/mol. The molecule has 0 N–H and O–H groups in total. The Kier molecular flexibility index (Phi) is 3.52. The number of aromatic nitrogens is 4. The molecule has 0 aliphatic rings. The normalized spacial score (nSPS) is 11.5. The highest BCUT2D eigenvalue weighted by Crippen LogP contribution is 2.32. The van der Waals surface area contributed by atoms with E-state index in [4.69, 9.17) is 23.2 Å². The maximum Gasteiger partial charge on any atom is 0.183 e. The molecule has 2 aromatic carbocycles. The maximum absolute atomic E-state index is 6.35. The summed E-state index contributed by atoms with van der Waals surface area (Å²) in [5, 5.41) is 9.77. The average molecular weight is 408 g/mol. The van der Waals surface area contributed by atoms with E-state index >= 15 is 0 Å². The molecule has 4 rings (SSSR count). The summed E-state index contributed by atoms with van der Waals surface area (Å²) < 4.78 is 2.91. The second-order valence-corrected chi connectivity index (χ2v) is 6.90. The molecule has 0 saturated heterocycles. The topological polar surface area (TPSA) is 43.1 Å². The van der Waals surface area contributed by atoms with Crippen molar-refractivity contribution < 1.29 is 0 Å². The molecule has 2 aromatic heterocycles. The third-order valence-electron chi connectivity index (χ3n) is 3.62. The molecule has 2 heterocycles. The lowest BCUT2D eigenvalue weighted by Crippen LogP contribution is -1.97. The van der Waals surface area contributed by atoms with Gasteiger partial charge >= 0.3 is 0 Å². The van der Waals surface area contributed by atoms with Crippen molar-refractivity contribution in [2.75, 3.05) is 0 Å². The molecule has 0 aliphatic heterocycles. The largest absolute Gasteiger partial charge is 0.272 e. The lowest BCUT2D eigenvalue weighted by Gasteiger charge is -2.08. The van der Waals surface area contributed by atoms with Crippen molar-refractivity contribution in [1.82, 2.24) is 19.6 Å². The molecule has 0 amide bonds. The Morgan fingerprint density at radius 3 is 2.70 bits per heavy atom.